The maximum absolute atomic E-state index is 14.7. The number of imidazole rings is 1. The molecule has 1 aliphatic rings. The molecule has 0 bridgehead atoms. The van der Waals surface area contributed by atoms with Crippen molar-refractivity contribution < 1.29 is 4.39 Å². The summed E-state index contributed by atoms with van der Waals surface area (Å²) in [7, 11) is 0. The number of aromatic amines is 2. The van der Waals surface area contributed by atoms with Crippen LogP contribution in [0.15, 0.2) is 66.2 Å². The molecule has 2 N–H and O–H groups in total. The molecule has 8 nitrogen and oxygen atoms in total. The van der Waals surface area contributed by atoms with E-state index in [0.717, 1.165) is 69.6 Å². The fraction of sp³-hybridized carbons (Fsp3) is 0.207. The maximum atomic E-state index is 14.7. The molecule has 38 heavy (non-hydrogen) atoms. The highest BCUT2D eigenvalue weighted by atomic mass is 19.1. The molecule has 1 aliphatic heterocycles. The lowest BCUT2D eigenvalue weighted by atomic mass is 10.0. The second kappa shape index (κ2) is 10.1. The first-order valence-corrected chi connectivity index (χ1v) is 12.6. The van der Waals surface area contributed by atoms with E-state index in [2.05, 4.69) is 41.8 Å². The number of aromatic nitrogens is 6. The number of H-pyrrole nitrogens is 2. The zero-order chi connectivity index (χ0) is 26.1. The van der Waals surface area contributed by atoms with Gasteiger partial charge in [0.05, 0.1) is 22.6 Å². The van der Waals surface area contributed by atoms with E-state index in [4.69, 9.17) is 4.98 Å². The molecule has 0 spiro atoms. The second-order valence-corrected chi connectivity index (χ2v) is 9.57. The number of benzene rings is 1. The van der Waals surface area contributed by atoms with Crippen LogP contribution in [0.4, 0.5) is 4.39 Å². The predicted molar refractivity (Wildman–Crippen MR) is 149 cm³/mol. The fourth-order valence-electron chi connectivity index (χ4n) is 5.00. The summed E-state index contributed by atoms with van der Waals surface area (Å²) < 4.78 is 14.7. The third kappa shape index (κ3) is 4.64. The minimum atomic E-state index is -0.259. The average molecular weight is 507 g/mol. The first-order valence-electron chi connectivity index (χ1n) is 12.6. The molecule has 0 radical (unpaired) electrons. The molecule has 0 aliphatic carbocycles. The lowest BCUT2D eigenvalue weighted by Crippen LogP contribution is -2.18. The van der Waals surface area contributed by atoms with Crippen molar-refractivity contribution in [1.82, 2.24) is 35.0 Å². The summed E-state index contributed by atoms with van der Waals surface area (Å²) in [4.78, 5) is 23.3. The van der Waals surface area contributed by atoms with Gasteiger partial charge in [0.15, 0.2) is 11.5 Å². The van der Waals surface area contributed by atoms with Crippen LogP contribution in [0, 0.1) is 5.82 Å². The first-order chi connectivity index (χ1) is 18.6. The number of allylic oxidation sites excluding steroid dienone is 3. The summed E-state index contributed by atoms with van der Waals surface area (Å²) in [5.74, 6) is 0.353. The summed E-state index contributed by atoms with van der Waals surface area (Å²) in [5.41, 5.74) is 7.27. The van der Waals surface area contributed by atoms with E-state index in [0.29, 0.717) is 11.5 Å². The summed E-state index contributed by atoms with van der Waals surface area (Å²) >= 11 is 0. The molecule has 9 heteroatoms. The van der Waals surface area contributed by atoms with Gasteiger partial charge in [-0.1, -0.05) is 6.08 Å². The highest BCUT2D eigenvalue weighted by Gasteiger charge is 2.18. The van der Waals surface area contributed by atoms with Gasteiger partial charge in [0.1, 0.15) is 11.5 Å². The molecule has 4 aromatic heterocycles. The van der Waals surface area contributed by atoms with Gasteiger partial charge in [-0.2, -0.15) is 5.10 Å². The Morgan fingerprint density at radius 1 is 1.16 bits per heavy atom. The third-order valence-electron chi connectivity index (χ3n) is 6.91. The van der Waals surface area contributed by atoms with E-state index in [9.17, 15) is 4.39 Å². The quantitative estimate of drug-likeness (QED) is 0.211. The fourth-order valence-corrected chi connectivity index (χ4v) is 5.00. The van der Waals surface area contributed by atoms with Crippen molar-refractivity contribution in [3.05, 3.63) is 78.2 Å². The molecule has 1 saturated heterocycles. The Balaban J connectivity index is 1.40. The number of pyridine rings is 2. The zero-order valence-corrected chi connectivity index (χ0v) is 21.1. The van der Waals surface area contributed by atoms with Gasteiger partial charge in [-0.25, -0.2) is 14.4 Å². The van der Waals surface area contributed by atoms with Gasteiger partial charge in [0.25, 0.3) is 0 Å². The Kier molecular flexibility index (Phi) is 6.35. The average Bonchev–Trinajstić information content (AvgIpc) is 3.67. The predicted octanol–water partition coefficient (Wildman–Crippen LogP) is 5.92. The molecule has 1 aromatic carbocycles. The summed E-state index contributed by atoms with van der Waals surface area (Å²) in [6.07, 6.45) is 13.1. The number of likely N-dealkylation sites (tertiary alicyclic amines) is 1. The monoisotopic (exact) mass is 506 g/mol. The van der Waals surface area contributed by atoms with E-state index < -0.39 is 0 Å². The molecule has 5 heterocycles. The zero-order valence-electron chi connectivity index (χ0n) is 21.1. The maximum Gasteiger partial charge on any atom is 0.181 e. The summed E-state index contributed by atoms with van der Waals surface area (Å²) in [6, 6.07) is 7.24. The molecular formula is C29H27FN8. The number of halogens is 1. The molecule has 6 rings (SSSR count). The van der Waals surface area contributed by atoms with Crippen LogP contribution in [-0.4, -0.2) is 54.8 Å². The van der Waals surface area contributed by atoms with Crippen LogP contribution >= 0.6 is 0 Å². The molecule has 5 aromatic rings. The third-order valence-corrected chi connectivity index (χ3v) is 6.91. The van der Waals surface area contributed by atoms with Crippen LogP contribution < -0.4 is 0 Å². The van der Waals surface area contributed by atoms with E-state index in [-0.39, 0.29) is 5.82 Å². The lowest BCUT2D eigenvalue weighted by molar-refractivity contribution is 0.331. The highest BCUT2D eigenvalue weighted by Crippen LogP contribution is 2.32. The lowest BCUT2D eigenvalue weighted by Gasteiger charge is -2.15. The molecular weight excluding hydrogens is 479 g/mol. The van der Waals surface area contributed by atoms with Gasteiger partial charge in [-0.15, -0.1) is 0 Å². The first kappa shape index (κ1) is 23.9. The van der Waals surface area contributed by atoms with Crippen LogP contribution in [0.25, 0.3) is 50.3 Å². The summed E-state index contributed by atoms with van der Waals surface area (Å²) in [5, 5.41) is 8.29. The van der Waals surface area contributed by atoms with Crippen LogP contribution in [0.3, 0.4) is 0 Å². The molecule has 0 amide bonds. The molecule has 0 saturated carbocycles. The van der Waals surface area contributed by atoms with Crippen LogP contribution in [0.1, 0.15) is 30.9 Å². The minimum absolute atomic E-state index is 0.259. The van der Waals surface area contributed by atoms with Crippen LogP contribution in [0.2, 0.25) is 0 Å². The highest BCUT2D eigenvalue weighted by molar-refractivity contribution is 5.96. The topological polar surface area (TPSA) is 98.7 Å². The molecule has 190 valence electrons. The van der Waals surface area contributed by atoms with Crippen LogP contribution in [0.5, 0.6) is 0 Å². The van der Waals surface area contributed by atoms with Gasteiger partial charge in [0.2, 0.25) is 0 Å². The van der Waals surface area contributed by atoms with Crippen molar-refractivity contribution in [3.8, 4) is 22.6 Å². The molecule has 1 fully saturated rings. The number of nitrogens with zero attached hydrogens (tertiary/aromatic N) is 6. The number of hydrogen-bond donors (Lipinski definition) is 2. The van der Waals surface area contributed by atoms with E-state index in [1.165, 1.54) is 12.8 Å². The summed E-state index contributed by atoms with van der Waals surface area (Å²) in [6.45, 7) is 8.31. The van der Waals surface area contributed by atoms with Gasteiger partial charge >= 0.3 is 0 Å². The minimum Gasteiger partial charge on any atom is -0.335 e. The number of nitrogens with one attached hydrogen (secondary N) is 2. The van der Waals surface area contributed by atoms with Gasteiger partial charge in [0, 0.05) is 30.7 Å². The van der Waals surface area contributed by atoms with Crippen molar-refractivity contribution in [1.29, 1.82) is 0 Å². The Hall–Kier alpha value is -4.50. The van der Waals surface area contributed by atoms with E-state index >= 15 is 0 Å². The van der Waals surface area contributed by atoms with Crippen molar-refractivity contribution in [2.75, 3.05) is 13.1 Å². The SMILES string of the molecule is C=NC=CC=C(C)c1cnc2n[nH]c(-c3nc4c(-c5cc(F)cc(CN6CCCC6)c5)cncc4[nH]3)c2c1. The Morgan fingerprint density at radius 3 is 2.87 bits per heavy atom. The Bertz CT molecular complexity index is 1700. The normalized spacial score (nSPS) is 14.8. The van der Waals surface area contributed by atoms with Gasteiger partial charge in [-0.05, 0) is 92.2 Å². The number of aliphatic imine (C=N–C) groups is 1. The molecule has 0 unspecified atom stereocenters. The van der Waals surface area contributed by atoms with Gasteiger partial charge in [-0.3, -0.25) is 20.0 Å². The Labute approximate surface area is 219 Å². The largest absolute Gasteiger partial charge is 0.335 e. The second-order valence-electron chi connectivity index (χ2n) is 9.57. The standard InChI is InChI=1S/C29H27FN8/c1-18(6-5-7-31-2)21-13-23-27(36-37-28(23)33-14-21)29-34-25-16-32-15-24(26(25)35-29)20-10-19(11-22(30)12-20)17-38-8-3-4-9-38/h5-7,10-16H,2-4,8-9,17H2,1H3,(H,34,35)(H,33,36,37). The number of hydrogen-bond acceptors (Lipinski definition) is 6. The van der Waals surface area contributed by atoms with Crippen molar-refractivity contribution in [2.24, 2.45) is 4.99 Å². The van der Waals surface area contributed by atoms with Crippen molar-refractivity contribution >= 4 is 34.4 Å². The van der Waals surface area contributed by atoms with E-state index in [1.54, 1.807) is 36.9 Å². The van der Waals surface area contributed by atoms with Crippen molar-refractivity contribution in [3.63, 3.8) is 0 Å². The van der Waals surface area contributed by atoms with Crippen molar-refractivity contribution in [2.45, 2.75) is 26.3 Å². The number of rotatable bonds is 7. The smallest absolute Gasteiger partial charge is 0.181 e. The Morgan fingerprint density at radius 2 is 2.03 bits per heavy atom. The van der Waals surface area contributed by atoms with Gasteiger partial charge < -0.3 is 4.98 Å². The van der Waals surface area contributed by atoms with Crippen LogP contribution in [-0.2, 0) is 6.54 Å². The molecule has 0 atom stereocenters. The van der Waals surface area contributed by atoms with E-state index in [1.807, 2.05) is 31.2 Å². The number of fused-ring (bicyclic) bond motifs is 2.